The highest BCUT2D eigenvalue weighted by molar-refractivity contribution is 5.47. The van der Waals surface area contributed by atoms with Gasteiger partial charge in [0.05, 0.1) is 24.4 Å². The molecule has 1 aromatic carbocycles. The van der Waals surface area contributed by atoms with Crippen LogP contribution < -0.4 is 11.1 Å². The Labute approximate surface area is 157 Å². The molecule has 150 valence electrons. The maximum Gasteiger partial charge on any atom is 0.0636 e. The summed E-state index contributed by atoms with van der Waals surface area (Å²) in [7, 11) is 0. The summed E-state index contributed by atoms with van der Waals surface area (Å²) in [6, 6.07) is 2.01. The monoisotopic (exact) mass is 368 g/mol. The second kappa shape index (κ2) is 11.0. The fourth-order valence-electron chi connectivity index (χ4n) is 3.38. The van der Waals surface area contributed by atoms with Gasteiger partial charge in [-0.15, -0.1) is 0 Å². The molecule has 7 N–H and O–H groups in total. The molecular weight excluding hydrogens is 332 g/mol. The maximum absolute atomic E-state index is 9.99. The second-order valence-corrected chi connectivity index (χ2v) is 7.47. The van der Waals surface area contributed by atoms with E-state index in [1.54, 1.807) is 27.7 Å². The van der Waals surface area contributed by atoms with Crippen LogP contribution in [0.5, 0.6) is 0 Å². The molecule has 1 aromatic rings. The summed E-state index contributed by atoms with van der Waals surface area (Å²) in [4.78, 5) is 0. The molecule has 4 unspecified atom stereocenters. The fourth-order valence-corrected chi connectivity index (χ4v) is 3.38. The van der Waals surface area contributed by atoms with Crippen LogP contribution in [0.3, 0.4) is 0 Å². The number of aliphatic hydroxyl groups is 4. The molecule has 0 aliphatic carbocycles. The third kappa shape index (κ3) is 7.31. The fraction of sp³-hybridized carbons (Fsp3) is 0.700. The normalized spacial score (nSPS) is 16.3. The van der Waals surface area contributed by atoms with Crippen molar-refractivity contribution in [3.8, 4) is 0 Å². The Balaban J connectivity index is 3.46. The number of rotatable bonds is 11. The van der Waals surface area contributed by atoms with Crippen LogP contribution in [0.25, 0.3) is 0 Å². The first-order valence-electron chi connectivity index (χ1n) is 9.44. The van der Waals surface area contributed by atoms with E-state index in [1.807, 2.05) is 6.07 Å². The van der Waals surface area contributed by atoms with Crippen molar-refractivity contribution >= 4 is 0 Å². The zero-order chi connectivity index (χ0) is 19.9. The Morgan fingerprint density at radius 3 is 1.69 bits per heavy atom. The maximum atomic E-state index is 9.99. The van der Waals surface area contributed by atoms with Crippen molar-refractivity contribution in [1.82, 2.24) is 5.32 Å². The summed E-state index contributed by atoms with van der Waals surface area (Å²) in [6.07, 6.45) is -0.568. The Hall–Kier alpha value is -1.02. The second-order valence-electron chi connectivity index (χ2n) is 7.47. The van der Waals surface area contributed by atoms with Crippen LogP contribution in [-0.4, -0.2) is 51.4 Å². The van der Waals surface area contributed by atoms with Gasteiger partial charge in [0, 0.05) is 19.6 Å². The molecule has 0 aromatic heterocycles. The minimum atomic E-state index is -0.522. The van der Waals surface area contributed by atoms with E-state index in [1.165, 1.54) is 0 Å². The molecule has 0 saturated carbocycles. The van der Waals surface area contributed by atoms with Crippen molar-refractivity contribution in [1.29, 1.82) is 0 Å². The highest BCUT2D eigenvalue weighted by Gasteiger charge is 2.20. The largest absolute Gasteiger partial charge is 0.393 e. The summed E-state index contributed by atoms with van der Waals surface area (Å²) in [5, 5.41) is 42.5. The van der Waals surface area contributed by atoms with E-state index in [-0.39, 0.29) is 0 Å². The van der Waals surface area contributed by atoms with E-state index in [0.29, 0.717) is 38.9 Å². The molecule has 0 amide bonds. The van der Waals surface area contributed by atoms with Crippen molar-refractivity contribution in [2.45, 2.75) is 84.5 Å². The molecule has 0 fully saturated rings. The Bertz CT molecular complexity index is 557. The van der Waals surface area contributed by atoms with Gasteiger partial charge in [0.15, 0.2) is 0 Å². The molecule has 0 bridgehead atoms. The number of nitrogens with two attached hydrogens (primary N) is 1. The van der Waals surface area contributed by atoms with Gasteiger partial charge in [-0.25, -0.2) is 0 Å². The van der Waals surface area contributed by atoms with E-state index in [4.69, 9.17) is 5.73 Å². The lowest BCUT2D eigenvalue weighted by atomic mass is 9.85. The van der Waals surface area contributed by atoms with Crippen LogP contribution in [0.2, 0.25) is 0 Å². The van der Waals surface area contributed by atoms with Crippen LogP contribution in [0, 0.1) is 0 Å². The molecule has 0 spiro atoms. The van der Waals surface area contributed by atoms with Gasteiger partial charge in [0.2, 0.25) is 0 Å². The van der Waals surface area contributed by atoms with E-state index < -0.39 is 24.4 Å². The molecule has 26 heavy (non-hydrogen) atoms. The summed E-state index contributed by atoms with van der Waals surface area (Å²) in [6.45, 7) is 8.23. The van der Waals surface area contributed by atoms with Gasteiger partial charge in [0.25, 0.3) is 0 Å². The first-order valence-corrected chi connectivity index (χ1v) is 9.44. The van der Waals surface area contributed by atoms with E-state index in [9.17, 15) is 20.4 Å². The Morgan fingerprint density at radius 1 is 0.769 bits per heavy atom. The number of hydrogen-bond acceptors (Lipinski definition) is 6. The Morgan fingerprint density at radius 2 is 1.27 bits per heavy atom. The molecular formula is C20H36N2O4. The average Bonchev–Trinajstić information content (AvgIpc) is 2.48. The molecule has 4 atom stereocenters. The van der Waals surface area contributed by atoms with Crippen molar-refractivity contribution in [3.05, 3.63) is 33.9 Å². The number of nitrogens with one attached hydrogen (secondary N) is 1. The van der Waals surface area contributed by atoms with Gasteiger partial charge in [-0.1, -0.05) is 6.07 Å². The topological polar surface area (TPSA) is 119 Å². The summed E-state index contributed by atoms with van der Waals surface area (Å²) >= 11 is 0. The van der Waals surface area contributed by atoms with E-state index >= 15 is 0 Å². The van der Waals surface area contributed by atoms with Crippen molar-refractivity contribution in [2.24, 2.45) is 5.73 Å². The summed E-state index contributed by atoms with van der Waals surface area (Å²) in [5.41, 5.74) is 11.0. The minimum Gasteiger partial charge on any atom is -0.393 e. The molecule has 0 saturated heterocycles. The van der Waals surface area contributed by atoms with Crippen LogP contribution in [-0.2, 0) is 32.4 Å². The van der Waals surface area contributed by atoms with E-state index in [2.05, 4.69) is 5.32 Å². The first-order chi connectivity index (χ1) is 12.1. The van der Waals surface area contributed by atoms with Gasteiger partial charge < -0.3 is 31.5 Å². The first kappa shape index (κ1) is 23.0. The summed E-state index contributed by atoms with van der Waals surface area (Å²) in [5.74, 6) is 0. The standard InChI is InChI=1S/C20H36N2O4/c1-12(23)5-16-8-17(6-13(2)24)19(9-21)20(11-22-10-15(4)26)18(16)7-14(3)25/h8,12-15,22-26H,5-7,9-11,21H2,1-4H3. The van der Waals surface area contributed by atoms with E-state index in [0.717, 1.165) is 27.8 Å². The molecule has 0 radical (unpaired) electrons. The third-order valence-electron chi connectivity index (χ3n) is 4.33. The zero-order valence-corrected chi connectivity index (χ0v) is 16.5. The molecule has 0 heterocycles. The summed E-state index contributed by atoms with van der Waals surface area (Å²) < 4.78 is 0. The van der Waals surface area contributed by atoms with Crippen molar-refractivity contribution in [3.63, 3.8) is 0 Å². The highest BCUT2D eigenvalue weighted by atomic mass is 16.3. The highest BCUT2D eigenvalue weighted by Crippen LogP contribution is 2.27. The van der Waals surface area contributed by atoms with Gasteiger partial charge in [-0.2, -0.15) is 0 Å². The molecule has 6 nitrogen and oxygen atoms in total. The zero-order valence-electron chi connectivity index (χ0n) is 16.5. The van der Waals surface area contributed by atoms with Crippen LogP contribution in [0.1, 0.15) is 55.5 Å². The SMILES string of the molecule is CC(O)CNCc1c(CN)c(CC(C)O)cc(CC(C)O)c1CC(C)O. The minimum absolute atomic E-state index is 0.329. The lowest BCUT2D eigenvalue weighted by Gasteiger charge is -2.24. The van der Waals surface area contributed by atoms with Crippen LogP contribution >= 0.6 is 0 Å². The van der Waals surface area contributed by atoms with Gasteiger partial charge in [-0.05, 0) is 74.8 Å². The lowest BCUT2D eigenvalue weighted by Crippen LogP contribution is -2.27. The van der Waals surface area contributed by atoms with Gasteiger partial charge in [0.1, 0.15) is 0 Å². The molecule has 0 aliphatic rings. The van der Waals surface area contributed by atoms with Crippen molar-refractivity contribution < 1.29 is 20.4 Å². The predicted octanol–water partition coefficient (Wildman–Crippen LogP) is 0.386. The average molecular weight is 369 g/mol. The third-order valence-corrected chi connectivity index (χ3v) is 4.33. The quantitative estimate of drug-likeness (QED) is 0.336. The number of hydrogen-bond donors (Lipinski definition) is 6. The van der Waals surface area contributed by atoms with Crippen LogP contribution in [0.4, 0.5) is 0 Å². The number of benzene rings is 1. The lowest BCUT2D eigenvalue weighted by molar-refractivity contribution is 0.186. The molecule has 1 rings (SSSR count). The smallest absolute Gasteiger partial charge is 0.0636 e. The van der Waals surface area contributed by atoms with Crippen LogP contribution in [0.15, 0.2) is 6.07 Å². The predicted molar refractivity (Wildman–Crippen MR) is 104 cm³/mol. The van der Waals surface area contributed by atoms with Gasteiger partial charge >= 0.3 is 0 Å². The molecule has 0 aliphatic heterocycles. The number of aliphatic hydroxyl groups excluding tert-OH is 4. The molecule has 6 heteroatoms. The Kier molecular flexibility index (Phi) is 9.71. The van der Waals surface area contributed by atoms with Gasteiger partial charge in [-0.3, -0.25) is 0 Å². The van der Waals surface area contributed by atoms with Crippen molar-refractivity contribution in [2.75, 3.05) is 6.54 Å².